The van der Waals surface area contributed by atoms with Crippen LogP contribution in [0, 0.1) is 18.6 Å². The monoisotopic (exact) mass is 469 g/mol. The summed E-state index contributed by atoms with van der Waals surface area (Å²) >= 11 is 0. The number of aliphatic hydroxyl groups excluding tert-OH is 1. The van der Waals surface area contributed by atoms with E-state index in [1.807, 2.05) is 6.92 Å². The first-order valence-electron chi connectivity index (χ1n) is 11.3. The van der Waals surface area contributed by atoms with E-state index in [1.165, 1.54) is 24.3 Å². The lowest BCUT2D eigenvalue weighted by Gasteiger charge is -2.25. The maximum Gasteiger partial charge on any atom is 0.227 e. The highest BCUT2D eigenvalue weighted by Crippen LogP contribution is 2.35. The highest BCUT2D eigenvalue weighted by Gasteiger charge is 2.32. The Morgan fingerprint density at radius 2 is 1.79 bits per heavy atom. The molecule has 1 aliphatic carbocycles. The van der Waals surface area contributed by atoms with Gasteiger partial charge in [-0.1, -0.05) is 6.08 Å². The van der Waals surface area contributed by atoms with Crippen LogP contribution in [0.5, 0.6) is 11.6 Å². The van der Waals surface area contributed by atoms with E-state index in [1.54, 1.807) is 35.0 Å². The van der Waals surface area contributed by atoms with Gasteiger partial charge in [-0.15, -0.1) is 6.58 Å². The largest absolute Gasteiger partial charge is 0.439 e. The highest BCUT2D eigenvalue weighted by molar-refractivity contribution is 5.43. The van der Waals surface area contributed by atoms with E-state index in [0.29, 0.717) is 43.1 Å². The third kappa shape index (κ3) is 6.08. The summed E-state index contributed by atoms with van der Waals surface area (Å²) in [6.07, 6.45) is 3.12. The number of benzene rings is 2. The van der Waals surface area contributed by atoms with Gasteiger partial charge in [0.05, 0.1) is 36.3 Å². The lowest BCUT2D eigenvalue weighted by molar-refractivity contribution is 0.0226. The molecule has 8 heteroatoms. The van der Waals surface area contributed by atoms with E-state index >= 15 is 0 Å². The highest BCUT2D eigenvalue weighted by atomic mass is 19.1. The van der Waals surface area contributed by atoms with Crippen molar-refractivity contribution in [3.8, 4) is 17.3 Å². The standard InChI is InChI=1S/C26H29F2N3O3/c1-3-14-33-17-23(32)15-30(21-10-11-21)16-25-18(2)29-31(22-8-4-19(27)5-9-22)26(25)34-24-12-6-20(28)7-13-24/h3-9,12-13,21,23,32H,1,10-11,14-17H2,2H3/t23-/m0/s1. The van der Waals surface area contributed by atoms with E-state index in [9.17, 15) is 13.9 Å². The van der Waals surface area contributed by atoms with Crippen LogP contribution >= 0.6 is 0 Å². The summed E-state index contributed by atoms with van der Waals surface area (Å²) < 4.78 is 40.2. The van der Waals surface area contributed by atoms with Gasteiger partial charge in [0.15, 0.2) is 0 Å². The van der Waals surface area contributed by atoms with Crippen LogP contribution < -0.4 is 4.74 Å². The summed E-state index contributed by atoms with van der Waals surface area (Å²) in [4.78, 5) is 2.21. The molecule has 0 amide bonds. The first-order chi connectivity index (χ1) is 16.4. The fraction of sp³-hybridized carbons (Fsp3) is 0.346. The topological polar surface area (TPSA) is 59.8 Å². The van der Waals surface area contributed by atoms with Crippen molar-refractivity contribution in [3.63, 3.8) is 0 Å². The maximum atomic E-state index is 13.5. The van der Waals surface area contributed by atoms with E-state index in [0.717, 1.165) is 24.1 Å². The Morgan fingerprint density at radius 1 is 1.15 bits per heavy atom. The number of halogens is 2. The number of aryl methyl sites for hydroxylation is 1. The third-order valence-corrected chi connectivity index (χ3v) is 5.65. The van der Waals surface area contributed by atoms with Crippen molar-refractivity contribution in [1.29, 1.82) is 0 Å². The van der Waals surface area contributed by atoms with Crippen LogP contribution in [0.1, 0.15) is 24.1 Å². The van der Waals surface area contributed by atoms with E-state index in [-0.39, 0.29) is 18.2 Å². The third-order valence-electron chi connectivity index (χ3n) is 5.65. The van der Waals surface area contributed by atoms with Gasteiger partial charge in [0.2, 0.25) is 5.88 Å². The molecular formula is C26H29F2N3O3. The van der Waals surface area contributed by atoms with Gasteiger partial charge in [-0.05, 0) is 68.3 Å². The van der Waals surface area contributed by atoms with Crippen molar-refractivity contribution in [2.75, 3.05) is 19.8 Å². The molecule has 34 heavy (non-hydrogen) atoms. The van der Waals surface area contributed by atoms with Gasteiger partial charge in [-0.3, -0.25) is 4.90 Å². The number of hydrogen-bond donors (Lipinski definition) is 1. The predicted octanol–water partition coefficient (Wildman–Crippen LogP) is 4.78. The summed E-state index contributed by atoms with van der Waals surface area (Å²) in [6, 6.07) is 12.1. The second-order valence-electron chi connectivity index (χ2n) is 8.45. The van der Waals surface area contributed by atoms with Crippen molar-refractivity contribution >= 4 is 0 Å². The van der Waals surface area contributed by atoms with Crippen LogP contribution in [0.25, 0.3) is 5.69 Å². The van der Waals surface area contributed by atoms with Gasteiger partial charge in [0, 0.05) is 19.1 Å². The normalized spacial score (nSPS) is 14.4. The van der Waals surface area contributed by atoms with E-state index in [2.05, 4.69) is 16.6 Å². The molecule has 6 nitrogen and oxygen atoms in total. The zero-order valence-electron chi connectivity index (χ0n) is 19.2. The predicted molar refractivity (Wildman–Crippen MR) is 125 cm³/mol. The van der Waals surface area contributed by atoms with Crippen molar-refractivity contribution in [1.82, 2.24) is 14.7 Å². The zero-order chi connectivity index (χ0) is 24.1. The molecule has 0 aliphatic heterocycles. The summed E-state index contributed by atoms with van der Waals surface area (Å²) in [5, 5.41) is 15.2. The summed E-state index contributed by atoms with van der Waals surface area (Å²) in [7, 11) is 0. The van der Waals surface area contributed by atoms with Crippen LogP contribution in [-0.2, 0) is 11.3 Å². The molecule has 1 heterocycles. The minimum atomic E-state index is -0.644. The Labute approximate surface area is 198 Å². The number of aromatic nitrogens is 2. The minimum Gasteiger partial charge on any atom is -0.439 e. The molecule has 0 radical (unpaired) electrons. The fourth-order valence-electron chi connectivity index (χ4n) is 3.79. The van der Waals surface area contributed by atoms with Crippen molar-refractivity contribution in [2.24, 2.45) is 0 Å². The summed E-state index contributed by atoms with van der Waals surface area (Å²) in [6.45, 7) is 7.07. The molecule has 1 aromatic heterocycles. The molecule has 180 valence electrons. The quantitative estimate of drug-likeness (QED) is 0.306. The molecule has 4 rings (SSSR count). The first kappa shape index (κ1) is 24.1. The molecule has 0 saturated heterocycles. The Kier molecular flexibility index (Phi) is 7.72. The molecule has 1 saturated carbocycles. The second-order valence-corrected chi connectivity index (χ2v) is 8.45. The average Bonchev–Trinajstić information content (AvgIpc) is 3.62. The van der Waals surface area contributed by atoms with Crippen LogP contribution in [0.4, 0.5) is 8.78 Å². The summed E-state index contributed by atoms with van der Waals surface area (Å²) in [5.41, 5.74) is 2.24. The molecule has 1 atom stereocenters. The number of aliphatic hydroxyl groups is 1. The molecule has 0 spiro atoms. The second kappa shape index (κ2) is 10.9. The van der Waals surface area contributed by atoms with Gasteiger partial charge in [0.1, 0.15) is 17.4 Å². The Bertz CT molecular complexity index is 1100. The average molecular weight is 470 g/mol. The lowest BCUT2D eigenvalue weighted by atomic mass is 10.2. The van der Waals surface area contributed by atoms with Crippen LogP contribution in [0.3, 0.4) is 0 Å². The first-order valence-corrected chi connectivity index (χ1v) is 11.3. The number of rotatable bonds is 12. The number of nitrogens with zero attached hydrogens (tertiary/aromatic N) is 3. The molecule has 0 bridgehead atoms. The van der Waals surface area contributed by atoms with Crippen molar-refractivity contribution in [3.05, 3.63) is 84.1 Å². The van der Waals surface area contributed by atoms with Crippen LogP contribution in [0.15, 0.2) is 61.2 Å². The molecule has 1 N–H and O–H groups in total. The molecule has 1 fully saturated rings. The molecule has 1 aliphatic rings. The van der Waals surface area contributed by atoms with Gasteiger partial charge in [0.25, 0.3) is 0 Å². The number of ether oxygens (including phenoxy) is 2. The van der Waals surface area contributed by atoms with Gasteiger partial charge >= 0.3 is 0 Å². The van der Waals surface area contributed by atoms with Gasteiger partial charge in [-0.25, -0.2) is 13.5 Å². The number of hydrogen-bond acceptors (Lipinski definition) is 5. The zero-order valence-corrected chi connectivity index (χ0v) is 19.2. The smallest absolute Gasteiger partial charge is 0.227 e. The fourth-order valence-corrected chi connectivity index (χ4v) is 3.79. The van der Waals surface area contributed by atoms with Crippen LogP contribution in [-0.4, -0.2) is 51.7 Å². The molecule has 0 unspecified atom stereocenters. The Hall–Kier alpha value is -3.07. The van der Waals surface area contributed by atoms with Gasteiger partial charge < -0.3 is 14.6 Å². The Balaban J connectivity index is 1.64. The Morgan fingerprint density at radius 3 is 2.41 bits per heavy atom. The maximum absolute atomic E-state index is 13.5. The molecule has 3 aromatic rings. The van der Waals surface area contributed by atoms with Gasteiger partial charge in [-0.2, -0.15) is 5.10 Å². The van der Waals surface area contributed by atoms with Crippen molar-refractivity contribution in [2.45, 2.75) is 38.5 Å². The summed E-state index contributed by atoms with van der Waals surface area (Å²) in [5.74, 6) is 0.227. The van der Waals surface area contributed by atoms with Crippen molar-refractivity contribution < 1.29 is 23.4 Å². The van der Waals surface area contributed by atoms with Crippen LogP contribution in [0.2, 0.25) is 0 Å². The molecular weight excluding hydrogens is 440 g/mol. The SMILES string of the molecule is C=CCOC[C@@H](O)CN(Cc1c(C)nn(-c2ccc(F)cc2)c1Oc1ccc(F)cc1)C1CC1. The van der Waals surface area contributed by atoms with E-state index in [4.69, 9.17) is 9.47 Å². The minimum absolute atomic E-state index is 0.224. The molecule has 2 aromatic carbocycles. The van der Waals surface area contributed by atoms with E-state index < -0.39 is 6.10 Å². The lowest BCUT2D eigenvalue weighted by Crippen LogP contribution is -2.36.